The molecular weight excluding hydrogens is 433 g/mol. The summed E-state index contributed by atoms with van der Waals surface area (Å²) < 4.78 is 37.8. The molecule has 2 aliphatic rings. The third-order valence-electron chi connectivity index (χ3n) is 5.82. The lowest BCUT2D eigenvalue weighted by atomic mass is 9.91. The van der Waals surface area contributed by atoms with Crippen molar-refractivity contribution in [3.63, 3.8) is 0 Å². The second-order valence-corrected chi connectivity index (χ2v) is 7.87. The molecule has 0 bridgehead atoms. The fourth-order valence-electron chi connectivity index (χ4n) is 4.21. The zero-order valence-corrected chi connectivity index (χ0v) is 17.7. The zero-order chi connectivity index (χ0) is 22.9. The minimum absolute atomic E-state index is 0.131. The highest BCUT2D eigenvalue weighted by atomic mass is 19.1. The van der Waals surface area contributed by atoms with Gasteiger partial charge < -0.3 is 24.1 Å². The van der Waals surface area contributed by atoms with Crippen molar-refractivity contribution in [2.45, 2.75) is 36.7 Å². The lowest BCUT2D eigenvalue weighted by Crippen LogP contribution is -2.61. The van der Waals surface area contributed by atoms with E-state index in [1.54, 1.807) is 18.3 Å². The van der Waals surface area contributed by atoms with Gasteiger partial charge in [-0.3, -0.25) is 0 Å². The summed E-state index contributed by atoms with van der Waals surface area (Å²) in [5, 5.41) is 19.4. The molecule has 2 fully saturated rings. The molecule has 1 aromatic heterocycles. The van der Waals surface area contributed by atoms with Gasteiger partial charge in [-0.05, 0) is 12.1 Å². The number of aliphatic hydroxyl groups is 1. The van der Waals surface area contributed by atoms with Crippen molar-refractivity contribution in [1.29, 1.82) is 0 Å². The van der Waals surface area contributed by atoms with E-state index in [0.29, 0.717) is 11.3 Å². The molecule has 0 radical (unpaired) electrons. The largest absolute Gasteiger partial charge is 0.467 e. The van der Waals surface area contributed by atoms with Crippen LogP contribution >= 0.6 is 0 Å². The van der Waals surface area contributed by atoms with Crippen molar-refractivity contribution < 1.29 is 33.2 Å². The molecule has 3 aromatic rings. The number of halogens is 1. The summed E-state index contributed by atoms with van der Waals surface area (Å²) in [6, 6.07) is 14.5. The molecule has 0 aliphatic carbocycles. The average molecular weight is 455 g/mol. The summed E-state index contributed by atoms with van der Waals surface area (Å²) in [5.74, 6) is -1.13. The van der Waals surface area contributed by atoms with Crippen molar-refractivity contribution in [2.75, 3.05) is 13.7 Å². The maximum absolute atomic E-state index is 13.7. The van der Waals surface area contributed by atoms with E-state index in [1.807, 2.05) is 30.3 Å². The van der Waals surface area contributed by atoms with Gasteiger partial charge in [-0.25, -0.2) is 13.9 Å². The predicted molar refractivity (Wildman–Crippen MR) is 111 cm³/mol. The first kappa shape index (κ1) is 21.7. The summed E-state index contributed by atoms with van der Waals surface area (Å²) >= 11 is 0. The number of benzene rings is 2. The van der Waals surface area contributed by atoms with Crippen LogP contribution in [0, 0.1) is 5.82 Å². The van der Waals surface area contributed by atoms with E-state index in [0.717, 1.165) is 5.56 Å². The lowest BCUT2D eigenvalue weighted by Gasteiger charge is -2.47. The Hall–Kier alpha value is -3.18. The molecule has 2 aromatic carbocycles. The van der Waals surface area contributed by atoms with Crippen LogP contribution in [0.4, 0.5) is 4.39 Å². The van der Waals surface area contributed by atoms with Crippen LogP contribution < -0.4 is 0 Å². The second kappa shape index (κ2) is 8.99. The number of aromatic nitrogens is 3. The number of hydrogen-bond acceptors (Lipinski definition) is 8. The summed E-state index contributed by atoms with van der Waals surface area (Å²) in [7, 11) is 1.22. The van der Waals surface area contributed by atoms with Crippen molar-refractivity contribution in [3.8, 4) is 11.3 Å². The molecule has 172 valence electrons. The zero-order valence-electron chi connectivity index (χ0n) is 17.7. The molecule has 3 heterocycles. The standard InChI is InChI=1S/C23H22FN3O6/c1-30-22(29)21-19(28)18(27-11-16(25-26-27)14-8-5-9-15(24)10-14)20-17(32-21)12-31-23(33-20)13-6-3-2-4-7-13/h2-11,17-21,23,28H,12H2,1H3/t17-,18-,19-,20+,21-,23+/m1/s1. The van der Waals surface area contributed by atoms with Gasteiger partial charge in [0.2, 0.25) is 0 Å². The van der Waals surface area contributed by atoms with E-state index >= 15 is 0 Å². The van der Waals surface area contributed by atoms with E-state index < -0.39 is 48.5 Å². The number of aliphatic hydroxyl groups excluding tert-OH is 1. The number of esters is 1. The van der Waals surface area contributed by atoms with E-state index in [2.05, 4.69) is 10.3 Å². The van der Waals surface area contributed by atoms with Crippen LogP contribution in [0.25, 0.3) is 11.3 Å². The van der Waals surface area contributed by atoms with Crippen molar-refractivity contribution in [2.24, 2.45) is 0 Å². The van der Waals surface area contributed by atoms with Crippen LogP contribution in [0.15, 0.2) is 60.8 Å². The third kappa shape index (κ3) is 4.13. The van der Waals surface area contributed by atoms with Gasteiger partial charge in [0.05, 0.1) is 19.9 Å². The maximum Gasteiger partial charge on any atom is 0.337 e. The molecule has 6 atom stereocenters. The van der Waals surface area contributed by atoms with Crippen LogP contribution in [-0.2, 0) is 23.7 Å². The third-order valence-corrected chi connectivity index (χ3v) is 5.82. The fraction of sp³-hybridized carbons (Fsp3) is 0.348. The minimum atomic E-state index is -1.34. The SMILES string of the molecule is COC(=O)[C@@H]1O[C@@H]2CO[C@H](c3ccccc3)O[C@@H]2[C@H](n2cc(-c3cccc(F)c3)nn2)[C@H]1O. The topological polar surface area (TPSA) is 105 Å². The summed E-state index contributed by atoms with van der Waals surface area (Å²) in [4.78, 5) is 12.3. The first-order chi connectivity index (χ1) is 16.0. The van der Waals surface area contributed by atoms with Crippen molar-refractivity contribution in [1.82, 2.24) is 15.0 Å². The normalized spacial score (nSPS) is 29.3. The van der Waals surface area contributed by atoms with Gasteiger partial charge >= 0.3 is 5.97 Å². The number of carbonyl (C=O) groups excluding carboxylic acids is 1. The molecule has 0 unspecified atom stereocenters. The second-order valence-electron chi connectivity index (χ2n) is 7.87. The first-order valence-electron chi connectivity index (χ1n) is 10.5. The molecule has 0 saturated carbocycles. The molecule has 1 N–H and O–H groups in total. The molecule has 33 heavy (non-hydrogen) atoms. The highest BCUT2D eigenvalue weighted by Crippen LogP contribution is 2.39. The Morgan fingerprint density at radius 3 is 2.76 bits per heavy atom. The van der Waals surface area contributed by atoms with Crippen LogP contribution in [-0.4, -0.2) is 64.2 Å². The Morgan fingerprint density at radius 1 is 1.18 bits per heavy atom. The Balaban J connectivity index is 1.49. The van der Waals surface area contributed by atoms with Crippen molar-refractivity contribution in [3.05, 3.63) is 72.2 Å². The average Bonchev–Trinajstić information content (AvgIpc) is 3.33. The van der Waals surface area contributed by atoms with Gasteiger partial charge in [0.1, 0.15) is 35.9 Å². The quantitative estimate of drug-likeness (QED) is 0.596. The predicted octanol–water partition coefficient (Wildman–Crippen LogP) is 2.04. The number of fused-ring (bicyclic) bond motifs is 1. The van der Waals surface area contributed by atoms with Gasteiger partial charge in [0.15, 0.2) is 12.4 Å². The fourth-order valence-corrected chi connectivity index (χ4v) is 4.21. The van der Waals surface area contributed by atoms with E-state index in [4.69, 9.17) is 18.9 Å². The molecule has 0 spiro atoms. The summed E-state index contributed by atoms with van der Waals surface area (Å²) in [6.07, 6.45) is -3.08. The number of rotatable bonds is 4. The van der Waals surface area contributed by atoms with E-state index in [1.165, 1.54) is 23.9 Å². The van der Waals surface area contributed by atoms with Gasteiger partial charge in [-0.15, -0.1) is 5.10 Å². The number of carbonyl (C=O) groups is 1. The molecular formula is C23H22FN3O6. The number of hydrogen-bond donors (Lipinski definition) is 1. The van der Waals surface area contributed by atoms with Crippen LogP contribution in [0.2, 0.25) is 0 Å². The van der Waals surface area contributed by atoms with Crippen molar-refractivity contribution >= 4 is 5.97 Å². The molecule has 10 heteroatoms. The van der Waals surface area contributed by atoms with Crippen LogP contribution in [0.3, 0.4) is 0 Å². The number of ether oxygens (including phenoxy) is 4. The lowest BCUT2D eigenvalue weighted by molar-refractivity contribution is -0.314. The number of nitrogens with zero attached hydrogens (tertiary/aromatic N) is 3. The van der Waals surface area contributed by atoms with Crippen LogP contribution in [0.1, 0.15) is 17.9 Å². The van der Waals surface area contributed by atoms with Crippen LogP contribution in [0.5, 0.6) is 0 Å². The highest BCUT2D eigenvalue weighted by Gasteiger charge is 2.53. The van der Waals surface area contributed by atoms with Gasteiger partial charge in [0, 0.05) is 11.1 Å². The maximum atomic E-state index is 13.7. The molecule has 2 aliphatic heterocycles. The Labute approximate surface area is 188 Å². The smallest absolute Gasteiger partial charge is 0.337 e. The molecule has 0 amide bonds. The summed E-state index contributed by atoms with van der Waals surface area (Å²) in [6.45, 7) is 0.131. The molecule has 2 saturated heterocycles. The van der Waals surface area contributed by atoms with E-state index in [9.17, 15) is 14.3 Å². The Morgan fingerprint density at radius 2 is 2.00 bits per heavy atom. The molecule has 5 rings (SSSR count). The van der Waals surface area contributed by atoms with E-state index in [-0.39, 0.29) is 6.61 Å². The van der Waals surface area contributed by atoms with Gasteiger partial charge in [0.25, 0.3) is 0 Å². The molecule has 9 nitrogen and oxygen atoms in total. The summed E-state index contributed by atoms with van der Waals surface area (Å²) in [5.41, 5.74) is 1.74. The first-order valence-corrected chi connectivity index (χ1v) is 10.5. The Bertz CT molecular complexity index is 1130. The minimum Gasteiger partial charge on any atom is -0.467 e. The monoisotopic (exact) mass is 455 g/mol. The van der Waals surface area contributed by atoms with Gasteiger partial charge in [-0.1, -0.05) is 47.7 Å². The number of methoxy groups -OCH3 is 1. The highest BCUT2D eigenvalue weighted by molar-refractivity contribution is 5.75. The van der Waals surface area contributed by atoms with Gasteiger partial charge in [-0.2, -0.15) is 0 Å². The Kier molecular flexibility index (Phi) is 5.90.